The smallest absolute Gasteiger partial charge is 0.340 e. The topological polar surface area (TPSA) is 82.3 Å². The summed E-state index contributed by atoms with van der Waals surface area (Å²) in [5.41, 5.74) is 0.688. The molecule has 0 spiro atoms. The van der Waals surface area contributed by atoms with Gasteiger partial charge in [-0.25, -0.2) is 4.79 Å². The van der Waals surface area contributed by atoms with Crippen molar-refractivity contribution in [2.45, 2.75) is 6.92 Å². The Kier molecular flexibility index (Phi) is 3.75. The number of non-ortho nitro benzene ring substituents is 1. The lowest BCUT2D eigenvalue weighted by Gasteiger charge is -2.06. The van der Waals surface area contributed by atoms with E-state index in [0.29, 0.717) is 20.9 Å². The van der Waals surface area contributed by atoms with Crippen molar-refractivity contribution >= 4 is 38.5 Å². The molecule has 0 amide bonds. The Labute approximate surface area is 116 Å². The third-order valence-corrected chi connectivity index (χ3v) is 3.35. The zero-order valence-corrected chi connectivity index (χ0v) is 11.5. The Hall–Kier alpha value is -2.02. The molecule has 0 saturated carbocycles. The van der Waals surface area contributed by atoms with Crippen LogP contribution < -0.4 is 0 Å². The highest BCUT2D eigenvalue weighted by Crippen LogP contribution is 2.29. The second-order valence-electron chi connectivity index (χ2n) is 3.66. The lowest BCUT2D eigenvalue weighted by atomic mass is 10.1. The molecule has 0 radical (unpaired) electrons. The first-order chi connectivity index (χ1) is 9.04. The molecule has 2 rings (SSSR count). The molecule has 0 fully saturated rings. The molecule has 19 heavy (non-hydrogen) atoms. The number of benzene rings is 1. The van der Waals surface area contributed by atoms with Crippen LogP contribution in [0.4, 0.5) is 5.69 Å². The van der Waals surface area contributed by atoms with Gasteiger partial charge in [-0.1, -0.05) is 0 Å². The maximum Gasteiger partial charge on any atom is 0.340 e. The number of fused-ring (bicyclic) bond motifs is 1. The number of carbonyl (C=O) groups excluding carboxylic acids is 1. The van der Waals surface area contributed by atoms with Crippen LogP contribution in [0.1, 0.15) is 17.3 Å². The molecular formula is C12H9BrN2O4. The SMILES string of the molecule is CCOC(=O)c1cnc2cc([N+](=O)[O-])ccc2c1Br. The zero-order valence-electron chi connectivity index (χ0n) is 9.92. The van der Waals surface area contributed by atoms with Crippen LogP contribution in [0.2, 0.25) is 0 Å². The van der Waals surface area contributed by atoms with Crippen molar-refractivity contribution in [2.24, 2.45) is 0 Å². The summed E-state index contributed by atoms with van der Waals surface area (Å²) in [6.45, 7) is 1.98. The second kappa shape index (κ2) is 5.31. The first-order valence-corrected chi connectivity index (χ1v) is 6.23. The van der Waals surface area contributed by atoms with E-state index < -0.39 is 10.9 Å². The van der Waals surface area contributed by atoms with Crippen LogP contribution in [-0.4, -0.2) is 22.5 Å². The van der Waals surface area contributed by atoms with Crippen LogP contribution in [0.15, 0.2) is 28.9 Å². The van der Waals surface area contributed by atoms with Gasteiger partial charge in [0, 0.05) is 28.2 Å². The lowest BCUT2D eigenvalue weighted by molar-refractivity contribution is -0.384. The van der Waals surface area contributed by atoms with E-state index in [1.165, 1.54) is 18.3 Å². The van der Waals surface area contributed by atoms with Gasteiger partial charge in [0.15, 0.2) is 0 Å². The van der Waals surface area contributed by atoms with Crippen molar-refractivity contribution in [3.05, 3.63) is 44.5 Å². The molecule has 1 aromatic heterocycles. The van der Waals surface area contributed by atoms with Gasteiger partial charge in [-0.15, -0.1) is 0 Å². The summed E-state index contributed by atoms with van der Waals surface area (Å²) in [6.07, 6.45) is 1.34. The molecule has 0 atom stereocenters. The Balaban J connectivity index is 2.57. The fourth-order valence-corrected chi connectivity index (χ4v) is 2.21. The van der Waals surface area contributed by atoms with E-state index in [0.717, 1.165) is 0 Å². The van der Waals surface area contributed by atoms with Gasteiger partial charge in [0.05, 0.1) is 22.6 Å². The van der Waals surface area contributed by atoms with E-state index >= 15 is 0 Å². The number of nitro groups is 1. The van der Waals surface area contributed by atoms with Gasteiger partial charge >= 0.3 is 5.97 Å². The zero-order chi connectivity index (χ0) is 14.0. The summed E-state index contributed by atoms with van der Waals surface area (Å²) in [5.74, 6) is -0.484. The minimum Gasteiger partial charge on any atom is -0.462 e. The monoisotopic (exact) mass is 324 g/mol. The normalized spacial score (nSPS) is 10.4. The third-order valence-electron chi connectivity index (χ3n) is 2.49. The largest absolute Gasteiger partial charge is 0.462 e. The van der Waals surface area contributed by atoms with E-state index in [2.05, 4.69) is 20.9 Å². The van der Waals surface area contributed by atoms with Gasteiger partial charge in [0.2, 0.25) is 0 Å². The predicted molar refractivity (Wildman–Crippen MR) is 72.1 cm³/mol. The number of rotatable bonds is 3. The Morgan fingerprint density at radius 3 is 2.89 bits per heavy atom. The van der Waals surface area contributed by atoms with Gasteiger partial charge in [-0.3, -0.25) is 15.1 Å². The molecule has 0 unspecified atom stereocenters. The third kappa shape index (κ3) is 2.55. The Bertz CT molecular complexity index is 672. The predicted octanol–water partition coefficient (Wildman–Crippen LogP) is 3.08. The second-order valence-corrected chi connectivity index (χ2v) is 4.46. The number of esters is 1. The fraction of sp³-hybridized carbons (Fsp3) is 0.167. The van der Waals surface area contributed by atoms with E-state index in [-0.39, 0.29) is 12.3 Å². The van der Waals surface area contributed by atoms with Crippen molar-refractivity contribution in [1.82, 2.24) is 4.98 Å². The number of nitro benzene ring substituents is 1. The minimum absolute atomic E-state index is 0.0456. The van der Waals surface area contributed by atoms with Gasteiger partial charge in [-0.2, -0.15) is 0 Å². The van der Waals surface area contributed by atoms with Crippen LogP contribution >= 0.6 is 15.9 Å². The highest BCUT2D eigenvalue weighted by molar-refractivity contribution is 9.10. The molecule has 0 aliphatic carbocycles. The quantitative estimate of drug-likeness (QED) is 0.492. The molecular weight excluding hydrogens is 316 g/mol. The molecule has 2 aromatic rings. The number of carbonyl (C=O) groups is 1. The Morgan fingerprint density at radius 1 is 1.53 bits per heavy atom. The molecule has 1 heterocycles. The van der Waals surface area contributed by atoms with Crippen molar-refractivity contribution in [1.29, 1.82) is 0 Å². The maximum absolute atomic E-state index is 11.7. The van der Waals surface area contributed by atoms with Crippen molar-refractivity contribution < 1.29 is 14.5 Å². The van der Waals surface area contributed by atoms with Crippen LogP contribution in [0.5, 0.6) is 0 Å². The van der Waals surface area contributed by atoms with Gasteiger partial charge in [-0.05, 0) is 28.9 Å². The number of aromatic nitrogens is 1. The number of pyridine rings is 1. The van der Waals surface area contributed by atoms with Crippen LogP contribution in [0, 0.1) is 10.1 Å². The maximum atomic E-state index is 11.7. The van der Waals surface area contributed by atoms with E-state index in [4.69, 9.17) is 4.74 Å². The van der Waals surface area contributed by atoms with E-state index in [1.807, 2.05) is 0 Å². The summed E-state index contributed by atoms with van der Waals surface area (Å²) < 4.78 is 5.42. The lowest BCUT2D eigenvalue weighted by Crippen LogP contribution is -2.06. The summed E-state index contributed by atoms with van der Waals surface area (Å²) in [4.78, 5) is 25.9. The highest BCUT2D eigenvalue weighted by atomic mass is 79.9. The molecule has 98 valence electrons. The van der Waals surface area contributed by atoms with E-state index in [9.17, 15) is 14.9 Å². The summed E-state index contributed by atoms with van der Waals surface area (Å²) >= 11 is 3.30. The molecule has 0 aliphatic heterocycles. The number of halogens is 1. The molecule has 0 saturated heterocycles. The molecule has 6 nitrogen and oxygen atoms in total. The summed E-state index contributed by atoms with van der Waals surface area (Å²) in [6, 6.07) is 4.27. The summed E-state index contributed by atoms with van der Waals surface area (Å²) in [7, 11) is 0. The first kappa shape index (κ1) is 13.4. The molecule has 7 heteroatoms. The van der Waals surface area contributed by atoms with Crippen LogP contribution in [-0.2, 0) is 4.74 Å². The fourth-order valence-electron chi connectivity index (χ4n) is 1.61. The standard InChI is InChI=1S/C12H9BrN2O4/c1-2-19-12(16)9-6-14-10-5-7(15(17)18)3-4-8(10)11(9)13/h3-6H,2H2,1H3. The number of hydrogen-bond donors (Lipinski definition) is 0. The molecule has 0 bridgehead atoms. The molecule has 1 aromatic carbocycles. The van der Waals surface area contributed by atoms with Gasteiger partial charge in [0.25, 0.3) is 5.69 Å². The van der Waals surface area contributed by atoms with Gasteiger partial charge < -0.3 is 4.74 Å². The summed E-state index contributed by atoms with van der Waals surface area (Å²) in [5, 5.41) is 11.3. The first-order valence-electron chi connectivity index (χ1n) is 5.44. The van der Waals surface area contributed by atoms with Crippen molar-refractivity contribution in [3.63, 3.8) is 0 Å². The Morgan fingerprint density at radius 2 is 2.26 bits per heavy atom. The van der Waals surface area contributed by atoms with Crippen LogP contribution in [0.25, 0.3) is 10.9 Å². The number of nitrogens with zero attached hydrogens (tertiary/aromatic N) is 2. The molecule has 0 N–H and O–H groups in total. The average Bonchev–Trinajstić information content (AvgIpc) is 2.38. The minimum atomic E-state index is -0.492. The van der Waals surface area contributed by atoms with Crippen molar-refractivity contribution in [3.8, 4) is 0 Å². The average molecular weight is 325 g/mol. The van der Waals surface area contributed by atoms with E-state index in [1.54, 1.807) is 13.0 Å². The molecule has 0 aliphatic rings. The number of hydrogen-bond acceptors (Lipinski definition) is 5. The van der Waals surface area contributed by atoms with Crippen LogP contribution in [0.3, 0.4) is 0 Å². The number of ether oxygens (including phenoxy) is 1. The van der Waals surface area contributed by atoms with Gasteiger partial charge in [0.1, 0.15) is 0 Å². The van der Waals surface area contributed by atoms with Crippen molar-refractivity contribution in [2.75, 3.05) is 6.61 Å². The highest BCUT2D eigenvalue weighted by Gasteiger charge is 2.16.